The molecule has 0 saturated heterocycles. The van der Waals surface area contributed by atoms with E-state index in [4.69, 9.17) is 0 Å². The molecular formula is C16H14IN3. The second-order valence-electron chi connectivity index (χ2n) is 4.06. The van der Waals surface area contributed by atoms with Crippen LogP contribution in [0.25, 0.3) is 17.0 Å². The van der Waals surface area contributed by atoms with Crippen LogP contribution in [0.5, 0.6) is 0 Å². The van der Waals surface area contributed by atoms with Crippen LogP contribution < -0.4 is 0 Å². The van der Waals surface area contributed by atoms with Crippen LogP contribution in [0.3, 0.4) is 0 Å². The van der Waals surface area contributed by atoms with Crippen LogP contribution in [0.4, 0.5) is 0 Å². The Labute approximate surface area is 132 Å². The Kier molecular flexibility index (Phi) is 5.17. The van der Waals surface area contributed by atoms with E-state index in [0.29, 0.717) is 17.5 Å². The zero-order valence-electron chi connectivity index (χ0n) is 11.1. The number of hydrogen-bond acceptors (Lipinski definition) is 3. The van der Waals surface area contributed by atoms with E-state index in [9.17, 15) is 0 Å². The smallest absolute Gasteiger partial charge is 0.164 e. The maximum absolute atomic E-state index is 4.55. The molecule has 0 aliphatic carbocycles. The Balaban J connectivity index is 2.49. The number of hydrogen-bond donors (Lipinski definition) is 0. The SMILES string of the molecule is C=C/C=C\C(=C/I)c1nc(C)nc(-c2ccccc2)n1. The van der Waals surface area contributed by atoms with Gasteiger partial charge in [0.2, 0.25) is 0 Å². The van der Waals surface area contributed by atoms with Gasteiger partial charge >= 0.3 is 0 Å². The summed E-state index contributed by atoms with van der Waals surface area (Å²) >= 11 is 2.18. The number of aromatic nitrogens is 3. The molecule has 4 heteroatoms. The topological polar surface area (TPSA) is 38.7 Å². The van der Waals surface area contributed by atoms with E-state index in [1.807, 2.05) is 53.5 Å². The van der Waals surface area contributed by atoms with Crippen LogP contribution in [0.1, 0.15) is 11.6 Å². The molecule has 2 aromatic rings. The second-order valence-corrected chi connectivity index (χ2v) is 4.68. The first-order valence-electron chi connectivity index (χ1n) is 6.12. The first-order chi connectivity index (χ1) is 9.74. The highest BCUT2D eigenvalue weighted by molar-refractivity contribution is 14.1. The molecule has 0 spiro atoms. The minimum Gasteiger partial charge on any atom is -0.213 e. The summed E-state index contributed by atoms with van der Waals surface area (Å²) in [5.41, 5.74) is 1.92. The van der Waals surface area contributed by atoms with E-state index in [-0.39, 0.29) is 0 Å². The third-order valence-corrected chi connectivity index (χ3v) is 3.24. The third kappa shape index (κ3) is 3.60. The standard InChI is InChI=1S/C16H14IN3/c1-3-4-8-14(11-17)16-19-12(2)18-15(20-16)13-9-6-5-7-10-13/h3-11H,1H2,2H3/b8-4-,14-11+. The first-order valence-corrected chi connectivity index (χ1v) is 7.37. The number of allylic oxidation sites excluding steroid dienone is 4. The van der Waals surface area contributed by atoms with Crippen LogP contribution in [-0.4, -0.2) is 15.0 Å². The summed E-state index contributed by atoms with van der Waals surface area (Å²) in [4.78, 5) is 13.4. The molecule has 20 heavy (non-hydrogen) atoms. The quantitative estimate of drug-likeness (QED) is 0.589. The van der Waals surface area contributed by atoms with Crippen molar-refractivity contribution in [3.63, 3.8) is 0 Å². The van der Waals surface area contributed by atoms with Crippen molar-refractivity contribution in [3.8, 4) is 11.4 Å². The van der Waals surface area contributed by atoms with Gasteiger partial charge < -0.3 is 0 Å². The van der Waals surface area contributed by atoms with Crippen LogP contribution >= 0.6 is 22.6 Å². The summed E-state index contributed by atoms with van der Waals surface area (Å²) in [5, 5.41) is 0. The molecule has 0 aliphatic rings. The van der Waals surface area contributed by atoms with Crippen molar-refractivity contribution in [2.75, 3.05) is 0 Å². The summed E-state index contributed by atoms with van der Waals surface area (Å²) in [5.74, 6) is 2.07. The number of halogens is 1. The van der Waals surface area contributed by atoms with Crippen molar-refractivity contribution in [3.05, 3.63) is 70.9 Å². The zero-order chi connectivity index (χ0) is 14.4. The Morgan fingerprint density at radius 2 is 1.90 bits per heavy atom. The molecule has 0 atom stereocenters. The Morgan fingerprint density at radius 3 is 2.55 bits per heavy atom. The van der Waals surface area contributed by atoms with Crippen molar-refractivity contribution < 1.29 is 0 Å². The monoisotopic (exact) mass is 375 g/mol. The van der Waals surface area contributed by atoms with E-state index in [0.717, 1.165) is 11.1 Å². The van der Waals surface area contributed by atoms with Gasteiger partial charge in [-0.1, -0.05) is 77.7 Å². The van der Waals surface area contributed by atoms with Crippen LogP contribution in [0, 0.1) is 6.92 Å². The van der Waals surface area contributed by atoms with E-state index in [1.54, 1.807) is 6.08 Å². The van der Waals surface area contributed by atoms with Crippen LogP contribution in [-0.2, 0) is 0 Å². The summed E-state index contributed by atoms with van der Waals surface area (Å²) < 4.78 is 1.95. The molecule has 3 nitrogen and oxygen atoms in total. The van der Waals surface area contributed by atoms with Crippen LogP contribution in [0.2, 0.25) is 0 Å². The number of benzene rings is 1. The molecule has 2 rings (SSSR count). The predicted molar refractivity (Wildman–Crippen MR) is 91.3 cm³/mol. The highest BCUT2D eigenvalue weighted by Gasteiger charge is 2.08. The van der Waals surface area contributed by atoms with E-state index < -0.39 is 0 Å². The molecule has 0 aliphatic heterocycles. The predicted octanol–water partition coefficient (Wildman–Crippen LogP) is 4.37. The van der Waals surface area contributed by atoms with E-state index >= 15 is 0 Å². The van der Waals surface area contributed by atoms with Gasteiger partial charge in [0.1, 0.15) is 5.82 Å². The summed E-state index contributed by atoms with van der Waals surface area (Å²) in [7, 11) is 0. The van der Waals surface area contributed by atoms with Gasteiger partial charge in [0.05, 0.1) is 0 Å². The highest BCUT2D eigenvalue weighted by atomic mass is 127. The van der Waals surface area contributed by atoms with Gasteiger partial charge in [0.25, 0.3) is 0 Å². The fourth-order valence-electron chi connectivity index (χ4n) is 1.66. The normalized spacial score (nSPS) is 11.8. The summed E-state index contributed by atoms with van der Waals surface area (Å²) in [6.07, 6.45) is 5.53. The van der Waals surface area contributed by atoms with E-state index in [2.05, 4.69) is 44.1 Å². The lowest BCUT2D eigenvalue weighted by Crippen LogP contribution is -2.01. The molecule has 0 N–H and O–H groups in total. The molecule has 0 saturated carbocycles. The molecule has 0 amide bonds. The Morgan fingerprint density at radius 1 is 1.15 bits per heavy atom. The van der Waals surface area contributed by atoms with Gasteiger partial charge in [-0.2, -0.15) is 0 Å². The lowest BCUT2D eigenvalue weighted by molar-refractivity contribution is 0.963. The lowest BCUT2D eigenvalue weighted by Gasteiger charge is -2.05. The molecule has 100 valence electrons. The molecular weight excluding hydrogens is 361 g/mol. The summed E-state index contributed by atoms with van der Waals surface area (Å²) in [6.45, 7) is 5.55. The van der Waals surface area contributed by atoms with E-state index in [1.165, 1.54) is 0 Å². The van der Waals surface area contributed by atoms with Gasteiger partial charge in [-0.25, -0.2) is 15.0 Å². The minimum absolute atomic E-state index is 0.670. The van der Waals surface area contributed by atoms with Gasteiger partial charge in [-0.05, 0) is 11.0 Å². The maximum atomic E-state index is 4.55. The van der Waals surface area contributed by atoms with Crippen molar-refractivity contribution in [1.29, 1.82) is 0 Å². The maximum Gasteiger partial charge on any atom is 0.164 e. The number of aryl methyl sites for hydroxylation is 1. The van der Waals surface area contributed by atoms with Crippen molar-refractivity contribution in [2.24, 2.45) is 0 Å². The van der Waals surface area contributed by atoms with Gasteiger partial charge in [-0.15, -0.1) is 0 Å². The molecule has 0 fully saturated rings. The molecule has 1 aromatic carbocycles. The lowest BCUT2D eigenvalue weighted by atomic mass is 10.2. The van der Waals surface area contributed by atoms with Crippen LogP contribution in [0.15, 0.2) is 59.2 Å². The highest BCUT2D eigenvalue weighted by Crippen LogP contribution is 2.19. The minimum atomic E-state index is 0.670. The number of nitrogens with zero attached hydrogens (tertiary/aromatic N) is 3. The summed E-state index contributed by atoms with van der Waals surface area (Å²) in [6, 6.07) is 9.90. The fourth-order valence-corrected chi connectivity index (χ4v) is 2.14. The average Bonchev–Trinajstić information content (AvgIpc) is 2.48. The second kappa shape index (κ2) is 7.09. The fraction of sp³-hybridized carbons (Fsp3) is 0.0625. The average molecular weight is 375 g/mol. The Bertz CT molecular complexity index is 661. The van der Waals surface area contributed by atoms with Gasteiger partial charge in [-0.3, -0.25) is 0 Å². The van der Waals surface area contributed by atoms with Gasteiger partial charge in [0.15, 0.2) is 11.6 Å². The molecule has 0 bridgehead atoms. The van der Waals surface area contributed by atoms with Crippen molar-refractivity contribution in [1.82, 2.24) is 15.0 Å². The van der Waals surface area contributed by atoms with Crippen molar-refractivity contribution in [2.45, 2.75) is 6.92 Å². The largest absolute Gasteiger partial charge is 0.213 e. The number of rotatable bonds is 4. The molecule has 0 radical (unpaired) electrons. The zero-order valence-corrected chi connectivity index (χ0v) is 13.3. The molecule has 0 unspecified atom stereocenters. The molecule has 1 aromatic heterocycles. The molecule has 1 heterocycles. The third-order valence-electron chi connectivity index (χ3n) is 2.57. The van der Waals surface area contributed by atoms with Gasteiger partial charge in [0, 0.05) is 11.1 Å². The van der Waals surface area contributed by atoms with Crippen molar-refractivity contribution >= 4 is 28.2 Å². The first kappa shape index (κ1) is 14.6. The Hall–Kier alpha value is -1.82.